The third kappa shape index (κ3) is 3.41. The zero-order valence-corrected chi connectivity index (χ0v) is 17.9. The summed E-state index contributed by atoms with van der Waals surface area (Å²) < 4.78 is 5.17. The van der Waals surface area contributed by atoms with E-state index in [1.165, 1.54) is 12.0 Å². The Labute approximate surface area is 189 Å². The highest BCUT2D eigenvalue weighted by Crippen LogP contribution is 2.41. The van der Waals surface area contributed by atoms with Crippen molar-refractivity contribution in [3.63, 3.8) is 0 Å². The molecule has 1 saturated heterocycles. The van der Waals surface area contributed by atoms with E-state index in [9.17, 15) is 14.7 Å². The van der Waals surface area contributed by atoms with Crippen molar-refractivity contribution < 1.29 is 19.4 Å². The van der Waals surface area contributed by atoms with E-state index in [0.717, 1.165) is 11.1 Å². The largest absolute Gasteiger partial charge is 0.507 e. The first kappa shape index (κ1) is 20.4. The van der Waals surface area contributed by atoms with Crippen LogP contribution in [-0.4, -0.2) is 38.9 Å². The fraction of sp³-hybridized carbons (Fsp3) is 0.120. The molecular weight excluding hydrogens is 420 g/mol. The standard InChI is InChI=1S/C25H20N4O4/c1-14-5-10-18-19(12-14)28-25(27-18)29-21(16-4-3-11-26-13-16)20(23(31)24(29)32)22(30)15-6-8-17(33-2)9-7-15/h3-13,21,30H,1-2H3,(H,27,28)/b22-20+. The molecule has 0 aliphatic carbocycles. The van der Waals surface area contributed by atoms with Crippen LogP contribution in [0.15, 0.2) is 72.6 Å². The van der Waals surface area contributed by atoms with Crippen molar-refractivity contribution in [3.05, 3.63) is 89.3 Å². The van der Waals surface area contributed by atoms with Crippen molar-refractivity contribution in [1.82, 2.24) is 15.0 Å². The fourth-order valence-electron chi connectivity index (χ4n) is 4.03. The number of methoxy groups -OCH3 is 1. The zero-order chi connectivity index (χ0) is 23.1. The van der Waals surface area contributed by atoms with Crippen LogP contribution in [0.4, 0.5) is 5.95 Å². The number of hydrogen-bond donors (Lipinski definition) is 2. The van der Waals surface area contributed by atoms with Crippen molar-refractivity contribution in [2.75, 3.05) is 12.0 Å². The topological polar surface area (TPSA) is 108 Å². The van der Waals surface area contributed by atoms with Crippen LogP contribution in [0.2, 0.25) is 0 Å². The molecule has 4 aromatic rings. The van der Waals surface area contributed by atoms with Crippen molar-refractivity contribution in [2.45, 2.75) is 13.0 Å². The Hall–Kier alpha value is -4.46. The maximum atomic E-state index is 13.2. The number of benzene rings is 2. The Morgan fingerprint density at radius 3 is 2.61 bits per heavy atom. The number of H-pyrrole nitrogens is 1. The van der Waals surface area contributed by atoms with Gasteiger partial charge in [-0.3, -0.25) is 19.5 Å². The third-order valence-electron chi connectivity index (χ3n) is 5.66. The molecule has 5 rings (SSSR count). The molecule has 1 amide bonds. The molecule has 1 aliphatic rings. The lowest BCUT2D eigenvalue weighted by molar-refractivity contribution is -0.132. The summed E-state index contributed by atoms with van der Waals surface area (Å²) in [6.07, 6.45) is 3.17. The van der Waals surface area contributed by atoms with E-state index < -0.39 is 17.7 Å². The lowest BCUT2D eigenvalue weighted by atomic mass is 9.96. The van der Waals surface area contributed by atoms with Gasteiger partial charge < -0.3 is 14.8 Å². The number of imidazole rings is 1. The molecular formula is C25H20N4O4. The highest BCUT2D eigenvalue weighted by Gasteiger charge is 2.48. The number of pyridine rings is 1. The number of nitrogens with zero attached hydrogens (tertiary/aromatic N) is 3. The van der Waals surface area contributed by atoms with Crippen LogP contribution in [0, 0.1) is 6.92 Å². The first-order valence-corrected chi connectivity index (χ1v) is 10.3. The number of aliphatic hydroxyl groups excluding tert-OH is 1. The van der Waals surface area contributed by atoms with Crippen LogP contribution in [0.3, 0.4) is 0 Å². The van der Waals surface area contributed by atoms with Crippen molar-refractivity contribution in [2.24, 2.45) is 0 Å². The average Bonchev–Trinajstić information content (AvgIpc) is 3.37. The van der Waals surface area contributed by atoms with Gasteiger partial charge in [0.25, 0.3) is 5.78 Å². The second kappa shape index (κ2) is 7.90. The van der Waals surface area contributed by atoms with Gasteiger partial charge in [-0.05, 0) is 60.5 Å². The molecule has 0 radical (unpaired) electrons. The summed E-state index contributed by atoms with van der Waals surface area (Å²) in [5.41, 5.74) is 3.37. The molecule has 2 aromatic heterocycles. The lowest BCUT2D eigenvalue weighted by Crippen LogP contribution is -2.30. The van der Waals surface area contributed by atoms with Crippen LogP contribution in [0.5, 0.6) is 5.75 Å². The van der Waals surface area contributed by atoms with Gasteiger partial charge in [-0.1, -0.05) is 12.1 Å². The van der Waals surface area contributed by atoms with Crippen LogP contribution in [-0.2, 0) is 9.59 Å². The quantitative estimate of drug-likeness (QED) is 0.283. The monoisotopic (exact) mass is 440 g/mol. The number of aryl methyl sites for hydroxylation is 1. The van der Waals surface area contributed by atoms with Crippen molar-refractivity contribution in [3.8, 4) is 5.75 Å². The van der Waals surface area contributed by atoms with Crippen molar-refractivity contribution in [1.29, 1.82) is 0 Å². The predicted octanol–water partition coefficient (Wildman–Crippen LogP) is 3.90. The number of anilines is 1. The van der Waals surface area contributed by atoms with Gasteiger partial charge in [-0.15, -0.1) is 0 Å². The molecule has 33 heavy (non-hydrogen) atoms. The maximum Gasteiger partial charge on any atom is 0.302 e. The van der Waals surface area contributed by atoms with Gasteiger partial charge in [0.05, 0.1) is 29.8 Å². The minimum atomic E-state index is -0.900. The summed E-state index contributed by atoms with van der Waals surface area (Å²) in [4.78, 5) is 39.5. The number of aliphatic hydroxyl groups is 1. The Morgan fingerprint density at radius 2 is 1.91 bits per heavy atom. The number of ketones is 1. The molecule has 1 atom stereocenters. The van der Waals surface area contributed by atoms with Crippen LogP contribution < -0.4 is 9.64 Å². The first-order valence-electron chi connectivity index (χ1n) is 10.3. The summed E-state index contributed by atoms with van der Waals surface area (Å²) in [7, 11) is 1.54. The van der Waals surface area contributed by atoms with Gasteiger partial charge in [-0.2, -0.15) is 0 Å². The second-order valence-corrected chi connectivity index (χ2v) is 7.76. The molecule has 3 heterocycles. The van der Waals surface area contributed by atoms with Gasteiger partial charge in [0, 0.05) is 18.0 Å². The van der Waals surface area contributed by atoms with E-state index >= 15 is 0 Å². The lowest BCUT2D eigenvalue weighted by Gasteiger charge is -2.22. The molecule has 1 fully saturated rings. The van der Waals surface area contributed by atoms with Gasteiger partial charge in [-0.25, -0.2) is 4.98 Å². The number of fused-ring (bicyclic) bond motifs is 1. The maximum absolute atomic E-state index is 13.2. The summed E-state index contributed by atoms with van der Waals surface area (Å²) in [6, 6.07) is 14.9. The molecule has 0 saturated carbocycles. The number of aromatic amines is 1. The van der Waals surface area contributed by atoms with E-state index in [1.54, 1.807) is 48.8 Å². The fourth-order valence-corrected chi connectivity index (χ4v) is 4.03. The van der Waals surface area contributed by atoms with Crippen molar-refractivity contribution >= 4 is 34.4 Å². The van der Waals surface area contributed by atoms with E-state index in [-0.39, 0.29) is 17.3 Å². The van der Waals surface area contributed by atoms with E-state index in [0.29, 0.717) is 22.4 Å². The number of hydrogen-bond acceptors (Lipinski definition) is 6. The number of aromatic nitrogens is 3. The number of rotatable bonds is 4. The normalized spacial score (nSPS) is 17.6. The Balaban J connectivity index is 1.70. The molecule has 1 aliphatic heterocycles. The summed E-state index contributed by atoms with van der Waals surface area (Å²) >= 11 is 0. The molecule has 2 aromatic carbocycles. The summed E-state index contributed by atoms with van der Waals surface area (Å²) in [5.74, 6) is -1.03. The van der Waals surface area contributed by atoms with Crippen LogP contribution in [0.25, 0.3) is 16.8 Å². The van der Waals surface area contributed by atoms with Crippen LogP contribution in [0.1, 0.15) is 22.7 Å². The molecule has 8 heteroatoms. The van der Waals surface area contributed by atoms with Gasteiger partial charge in [0.15, 0.2) is 0 Å². The number of carbonyl (C=O) groups excluding carboxylic acids is 2. The van der Waals surface area contributed by atoms with E-state index in [4.69, 9.17) is 4.74 Å². The van der Waals surface area contributed by atoms with Crippen LogP contribution >= 0.6 is 0 Å². The molecule has 0 bridgehead atoms. The Morgan fingerprint density at radius 1 is 1.12 bits per heavy atom. The first-order chi connectivity index (χ1) is 16.0. The summed E-state index contributed by atoms with van der Waals surface area (Å²) in [5, 5.41) is 11.1. The smallest absolute Gasteiger partial charge is 0.302 e. The Kier molecular flexibility index (Phi) is 4.90. The highest BCUT2D eigenvalue weighted by atomic mass is 16.5. The zero-order valence-electron chi connectivity index (χ0n) is 17.9. The van der Waals surface area contributed by atoms with E-state index in [2.05, 4.69) is 15.0 Å². The molecule has 2 N–H and O–H groups in total. The number of carbonyl (C=O) groups is 2. The minimum Gasteiger partial charge on any atom is -0.507 e. The molecule has 1 unspecified atom stereocenters. The number of ether oxygens (including phenoxy) is 1. The molecule has 164 valence electrons. The van der Waals surface area contributed by atoms with Gasteiger partial charge in [0.1, 0.15) is 11.5 Å². The van der Waals surface area contributed by atoms with E-state index in [1.807, 2.05) is 25.1 Å². The average molecular weight is 440 g/mol. The number of amides is 1. The predicted molar refractivity (Wildman–Crippen MR) is 123 cm³/mol. The third-order valence-corrected chi connectivity index (χ3v) is 5.66. The summed E-state index contributed by atoms with van der Waals surface area (Å²) in [6.45, 7) is 1.96. The molecule has 0 spiro atoms. The van der Waals surface area contributed by atoms with Gasteiger partial charge in [0.2, 0.25) is 5.95 Å². The van der Waals surface area contributed by atoms with Gasteiger partial charge >= 0.3 is 5.91 Å². The number of Topliss-reactive ketones (excluding diaryl/α,β-unsaturated/α-hetero) is 1. The number of nitrogens with one attached hydrogen (secondary N) is 1. The second-order valence-electron chi connectivity index (χ2n) is 7.76. The Bertz CT molecular complexity index is 1410. The molecule has 8 nitrogen and oxygen atoms in total. The minimum absolute atomic E-state index is 0.0326. The SMILES string of the molecule is COc1ccc(/C(O)=C2\C(=O)C(=O)N(c3nc4ccc(C)cc4[nH]3)C2c2cccnc2)cc1. The highest BCUT2D eigenvalue weighted by molar-refractivity contribution is 6.51.